The zero-order valence-electron chi connectivity index (χ0n) is 15.3. The molecule has 0 fully saturated rings. The molecule has 150 valence electrons. The van der Waals surface area contributed by atoms with Gasteiger partial charge in [-0.15, -0.1) is 23.1 Å². The van der Waals surface area contributed by atoms with Gasteiger partial charge in [0.25, 0.3) is 0 Å². The van der Waals surface area contributed by atoms with Gasteiger partial charge in [-0.3, -0.25) is 4.79 Å². The monoisotopic (exact) mass is 489 g/mol. The van der Waals surface area contributed by atoms with Crippen LogP contribution in [-0.2, 0) is 22.4 Å². The molecular formula is C21H18BrN2O3S2-. The second-order valence-corrected chi connectivity index (χ2v) is 9.51. The van der Waals surface area contributed by atoms with E-state index in [2.05, 4.69) is 26.2 Å². The number of thioether (sulfide) groups is 1. The van der Waals surface area contributed by atoms with Crippen LogP contribution in [0.1, 0.15) is 16.0 Å². The van der Waals surface area contributed by atoms with Gasteiger partial charge in [0.1, 0.15) is 0 Å². The molecule has 1 atom stereocenters. The van der Waals surface area contributed by atoms with Crippen molar-refractivity contribution in [2.75, 3.05) is 11.1 Å². The Bertz CT molecular complexity index is 962. The smallest absolute Gasteiger partial charge is 0.236 e. The SMILES string of the molecule is O=C(CS[C@@H](Cc1ccc(Br)cc1)C(=O)[O-])Nc1ncc(Cc2ccccc2)s1. The molecule has 0 saturated carbocycles. The predicted octanol–water partition coefficient (Wildman–Crippen LogP) is 3.53. The number of rotatable bonds is 9. The van der Waals surface area contributed by atoms with E-state index in [4.69, 9.17) is 0 Å². The molecule has 29 heavy (non-hydrogen) atoms. The molecule has 1 N–H and O–H groups in total. The first-order chi connectivity index (χ1) is 14.0. The molecule has 0 saturated heterocycles. The van der Waals surface area contributed by atoms with Crippen LogP contribution in [0.4, 0.5) is 5.13 Å². The molecule has 3 aromatic rings. The summed E-state index contributed by atoms with van der Waals surface area (Å²) in [6.07, 6.45) is 2.80. The van der Waals surface area contributed by atoms with E-state index < -0.39 is 11.2 Å². The summed E-state index contributed by atoms with van der Waals surface area (Å²) in [5.41, 5.74) is 2.05. The summed E-state index contributed by atoms with van der Waals surface area (Å²) in [5.74, 6) is -1.44. The van der Waals surface area contributed by atoms with Gasteiger partial charge in [-0.25, -0.2) is 4.98 Å². The second-order valence-electron chi connectivity index (χ2n) is 6.29. The summed E-state index contributed by atoms with van der Waals surface area (Å²) in [4.78, 5) is 28.9. The fourth-order valence-electron chi connectivity index (χ4n) is 2.62. The van der Waals surface area contributed by atoms with Crippen LogP contribution < -0.4 is 10.4 Å². The minimum atomic E-state index is -1.18. The molecule has 8 heteroatoms. The first kappa shape index (κ1) is 21.5. The van der Waals surface area contributed by atoms with Gasteiger partial charge in [0, 0.05) is 27.2 Å². The summed E-state index contributed by atoms with van der Waals surface area (Å²) in [6, 6.07) is 17.4. The van der Waals surface area contributed by atoms with Crippen LogP contribution in [-0.4, -0.2) is 27.9 Å². The third-order valence-electron chi connectivity index (χ3n) is 4.03. The third-order valence-corrected chi connectivity index (χ3v) is 6.67. The minimum Gasteiger partial charge on any atom is -0.549 e. The van der Waals surface area contributed by atoms with Crippen molar-refractivity contribution in [1.29, 1.82) is 0 Å². The van der Waals surface area contributed by atoms with Crippen LogP contribution in [0.5, 0.6) is 0 Å². The number of carbonyl (C=O) groups excluding carboxylic acids is 2. The van der Waals surface area contributed by atoms with Crippen LogP contribution in [0.3, 0.4) is 0 Å². The van der Waals surface area contributed by atoms with E-state index in [9.17, 15) is 14.7 Å². The largest absolute Gasteiger partial charge is 0.549 e. The number of benzene rings is 2. The molecule has 0 aliphatic rings. The summed E-state index contributed by atoms with van der Waals surface area (Å²) in [5, 5.41) is 13.9. The molecule has 0 bridgehead atoms. The molecule has 0 spiro atoms. The molecule has 0 radical (unpaired) electrons. The molecule has 0 unspecified atom stereocenters. The van der Waals surface area contributed by atoms with Gasteiger partial charge in [0.05, 0.1) is 11.7 Å². The van der Waals surface area contributed by atoms with Crippen LogP contribution in [0.2, 0.25) is 0 Å². The van der Waals surface area contributed by atoms with Crippen molar-refractivity contribution >= 4 is 56.0 Å². The predicted molar refractivity (Wildman–Crippen MR) is 119 cm³/mol. The molecule has 1 aromatic heterocycles. The van der Waals surface area contributed by atoms with Crippen molar-refractivity contribution in [2.45, 2.75) is 18.1 Å². The molecule has 0 aliphatic heterocycles. The van der Waals surface area contributed by atoms with Crippen molar-refractivity contribution in [3.63, 3.8) is 0 Å². The number of carboxylic acids is 1. The quantitative estimate of drug-likeness (QED) is 0.497. The maximum absolute atomic E-state index is 12.2. The first-order valence-corrected chi connectivity index (χ1v) is 11.5. The standard InChI is InChI=1S/C21H19BrN2O3S2/c22-16-8-6-15(7-9-16)11-18(20(26)27)28-13-19(25)24-21-23-12-17(29-21)10-14-4-2-1-3-5-14/h1-9,12,18H,10-11,13H2,(H,26,27)(H,23,24,25)/p-1/t18-/m0/s1. The lowest BCUT2D eigenvalue weighted by molar-refractivity contribution is -0.304. The minimum absolute atomic E-state index is 0.0166. The van der Waals surface area contributed by atoms with Gasteiger partial charge in [-0.2, -0.15) is 0 Å². The lowest BCUT2D eigenvalue weighted by atomic mass is 10.1. The lowest BCUT2D eigenvalue weighted by Crippen LogP contribution is -2.36. The number of nitrogens with one attached hydrogen (secondary N) is 1. The number of thiazole rings is 1. The Labute approximate surface area is 185 Å². The van der Waals surface area contributed by atoms with Gasteiger partial charge in [0.15, 0.2) is 5.13 Å². The molecule has 1 heterocycles. The highest BCUT2D eigenvalue weighted by Gasteiger charge is 2.15. The number of halogens is 1. The average molecular weight is 490 g/mol. The van der Waals surface area contributed by atoms with Crippen LogP contribution >= 0.6 is 39.0 Å². The molecule has 1 amide bonds. The summed E-state index contributed by atoms with van der Waals surface area (Å²) < 4.78 is 0.924. The van der Waals surface area contributed by atoms with E-state index >= 15 is 0 Å². The van der Waals surface area contributed by atoms with Crippen LogP contribution in [0.15, 0.2) is 65.3 Å². The van der Waals surface area contributed by atoms with Gasteiger partial charge < -0.3 is 15.2 Å². The number of hydrogen-bond acceptors (Lipinski definition) is 6. The third kappa shape index (κ3) is 6.99. The van der Waals surface area contributed by atoms with Crippen LogP contribution in [0, 0.1) is 0 Å². The number of aliphatic carboxylic acids is 1. The highest BCUT2D eigenvalue weighted by Crippen LogP contribution is 2.22. The maximum atomic E-state index is 12.2. The van der Waals surface area contributed by atoms with E-state index in [0.717, 1.165) is 33.1 Å². The first-order valence-electron chi connectivity index (χ1n) is 8.85. The van der Waals surface area contributed by atoms with E-state index in [1.807, 2.05) is 54.6 Å². The van der Waals surface area contributed by atoms with Gasteiger partial charge in [-0.1, -0.05) is 58.4 Å². The number of amides is 1. The summed E-state index contributed by atoms with van der Waals surface area (Å²) in [7, 11) is 0. The fraction of sp³-hybridized carbons (Fsp3) is 0.190. The Balaban J connectivity index is 1.50. The van der Waals surface area contributed by atoms with E-state index in [0.29, 0.717) is 11.6 Å². The van der Waals surface area contributed by atoms with Crippen LogP contribution in [0.25, 0.3) is 0 Å². The van der Waals surface area contributed by atoms with E-state index in [1.165, 1.54) is 16.9 Å². The van der Waals surface area contributed by atoms with Crippen molar-refractivity contribution < 1.29 is 14.7 Å². The Morgan fingerprint density at radius 2 is 1.83 bits per heavy atom. The van der Waals surface area contributed by atoms with Gasteiger partial charge in [0.2, 0.25) is 5.91 Å². The Morgan fingerprint density at radius 3 is 2.52 bits per heavy atom. The summed E-state index contributed by atoms with van der Waals surface area (Å²) >= 11 is 5.82. The summed E-state index contributed by atoms with van der Waals surface area (Å²) in [6.45, 7) is 0. The fourth-order valence-corrected chi connectivity index (χ4v) is 4.62. The highest BCUT2D eigenvalue weighted by atomic mass is 79.9. The van der Waals surface area contributed by atoms with E-state index in [-0.39, 0.29) is 11.7 Å². The van der Waals surface area contributed by atoms with Gasteiger partial charge in [-0.05, 0) is 29.7 Å². The lowest BCUT2D eigenvalue weighted by Gasteiger charge is -2.17. The molecular weight excluding hydrogens is 472 g/mol. The Morgan fingerprint density at radius 1 is 1.10 bits per heavy atom. The number of carboxylic acid groups (broad SMARTS) is 1. The van der Waals surface area contributed by atoms with Crippen molar-refractivity contribution in [3.8, 4) is 0 Å². The molecule has 3 rings (SSSR count). The molecule has 5 nitrogen and oxygen atoms in total. The Kier molecular flexibility index (Phi) is 7.85. The average Bonchev–Trinajstić information content (AvgIpc) is 3.13. The van der Waals surface area contributed by atoms with E-state index in [1.54, 1.807) is 6.20 Å². The maximum Gasteiger partial charge on any atom is 0.236 e. The number of anilines is 1. The normalized spacial score (nSPS) is 11.8. The zero-order chi connectivity index (χ0) is 20.6. The number of aromatic nitrogens is 1. The topological polar surface area (TPSA) is 82.1 Å². The van der Waals surface area contributed by atoms with Crippen molar-refractivity contribution in [3.05, 3.63) is 81.3 Å². The number of carbonyl (C=O) groups is 2. The number of nitrogens with zero attached hydrogens (tertiary/aromatic N) is 1. The van der Waals surface area contributed by atoms with Crippen molar-refractivity contribution in [1.82, 2.24) is 4.98 Å². The van der Waals surface area contributed by atoms with Crippen molar-refractivity contribution in [2.24, 2.45) is 0 Å². The Hall–Kier alpha value is -2.16. The molecule has 0 aliphatic carbocycles. The molecule has 2 aromatic carbocycles. The highest BCUT2D eigenvalue weighted by molar-refractivity contribution is 9.10. The number of hydrogen-bond donors (Lipinski definition) is 1. The van der Waals surface area contributed by atoms with Gasteiger partial charge >= 0.3 is 0 Å². The zero-order valence-corrected chi connectivity index (χ0v) is 18.6. The second kappa shape index (κ2) is 10.6.